The summed E-state index contributed by atoms with van der Waals surface area (Å²) in [5.74, 6) is -0.268. The molecule has 2 aliphatic rings. The second kappa shape index (κ2) is 7.20. The minimum atomic E-state index is -0.233. The molecule has 0 aromatic heterocycles. The van der Waals surface area contributed by atoms with Crippen molar-refractivity contribution in [1.29, 1.82) is 0 Å². The van der Waals surface area contributed by atoms with Gasteiger partial charge in [0, 0.05) is 18.2 Å². The third-order valence-corrected chi connectivity index (χ3v) is 4.63. The number of imide groups is 1. The smallest absolute Gasteiger partial charge is 0.253 e. The second-order valence-corrected chi connectivity index (χ2v) is 9.29. The summed E-state index contributed by atoms with van der Waals surface area (Å²) in [6.07, 6.45) is 5.35. The summed E-state index contributed by atoms with van der Waals surface area (Å²) >= 11 is 0. The topological polar surface area (TPSA) is 55.8 Å². The van der Waals surface area contributed by atoms with E-state index >= 15 is 0 Å². The van der Waals surface area contributed by atoms with Crippen molar-refractivity contribution in [3.63, 3.8) is 0 Å². The van der Waals surface area contributed by atoms with Gasteiger partial charge in [-0.05, 0) is 73.6 Å². The molecule has 25 heavy (non-hydrogen) atoms. The fourth-order valence-corrected chi connectivity index (χ4v) is 3.87. The number of hydrogen-bond acceptors (Lipinski definition) is 4. The van der Waals surface area contributed by atoms with Crippen LogP contribution in [0.15, 0.2) is 12.2 Å². The predicted molar refractivity (Wildman–Crippen MR) is 97.0 cm³/mol. The highest BCUT2D eigenvalue weighted by atomic mass is 16.5. The van der Waals surface area contributed by atoms with Crippen molar-refractivity contribution in [3.8, 4) is 0 Å². The van der Waals surface area contributed by atoms with Gasteiger partial charge in [-0.2, -0.15) is 0 Å². The Morgan fingerprint density at radius 2 is 1.28 bits per heavy atom. The van der Waals surface area contributed by atoms with E-state index in [1.165, 1.54) is 17.1 Å². The van der Waals surface area contributed by atoms with Gasteiger partial charge in [0.25, 0.3) is 11.8 Å². The van der Waals surface area contributed by atoms with Gasteiger partial charge in [0.15, 0.2) is 0 Å². The van der Waals surface area contributed by atoms with Crippen LogP contribution in [0.4, 0.5) is 0 Å². The first-order chi connectivity index (χ1) is 11.4. The SMILES string of the molecule is CC(C1CC(OC(C)(C)C)CC(OC(C)(C)C)C1)N1C(=O)C=CC1=O. The molecule has 0 radical (unpaired) electrons. The van der Waals surface area contributed by atoms with Gasteiger partial charge in [0.05, 0.1) is 23.4 Å². The third kappa shape index (κ3) is 5.65. The van der Waals surface area contributed by atoms with Crippen molar-refractivity contribution in [2.45, 2.75) is 97.2 Å². The quantitative estimate of drug-likeness (QED) is 0.728. The Morgan fingerprint density at radius 1 is 0.880 bits per heavy atom. The highest BCUT2D eigenvalue weighted by Gasteiger charge is 2.40. The molecule has 0 spiro atoms. The fraction of sp³-hybridized carbons (Fsp3) is 0.800. The molecule has 1 saturated carbocycles. The summed E-state index contributed by atoms with van der Waals surface area (Å²) in [6.45, 7) is 14.3. The van der Waals surface area contributed by atoms with Gasteiger partial charge in [-0.1, -0.05) is 0 Å². The number of amides is 2. The normalized spacial score (nSPS) is 29.4. The zero-order valence-corrected chi connectivity index (χ0v) is 16.7. The van der Waals surface area contributed by atoms with Crippen LogP contribution in [0.2, 0.25) is 0 Å². The Hall–Kier alpha value is -1.20. The maximum atomic E-state index is 12.0. The summed E-state index contributed by atoms with van der Waals surface area (Å²) in [5.41, 5.74) is -0.466. The number of hydrogen-bond donors (Lipinski definition) is 0. The Kier molecular flexibility index (Phi) is 5.79. The van der Waals surface area contributed by atoms with Gasteiger partial charge in [0.1, 0.15) is 0 Å². The van der Waals surface area contributed by atoms with E-state index in [0.29, 0.717) is 0 Å². The molecule has 3 atom stereocenters. The van der Waals surface area contributed by atoms with Gasteiger partial charge in [-0.15, -0.1) is 0 Å². The van der Waals surface area contributed by atoms with Crippen LogP contribution >= 0.6 is 0 Å². The highest BCUT2D eigenvalue weighted by molar-refractivity contribution is 6.13. The van der Waals surface area contributed by atoms with Crippen LogP contribution in [0.3, 0.4) is 0 Å². The zero-order chi connectivity index (χ0) is 19.0. The molecule has 0 saturated heterocycles. The minimum Gasteiger partial charge on any atom is -0.373 e. The Morgan fingerprint density at radius 3 is 1.64 bits per heavy atom. The lowest BCUT2D eigenvalue weighted by molar-refractivity contribution is -0.154. The molecule has 0 bridgehead atoms. The molecule has 0 N–H and O–H groups in total. The molecule has 5 nitrogen and oxygen atoms in total. The third-order valence-electron chi connectivity index (χ3n) is 4.63. The lowest BCUT2D eigenvalue weighted by Crippen LogP contribution is -2.48. The van der Waals surface area contributed by atoms with Crippen LogP contribution < -0.4 is 0 Å². The summed E-state index contributed by atoms with van der Waals surface area (Å²) in [4.78, 5) is 25.5. The van der Waals surface area contributed by atoms with Crippen LogP contribution in [0, 0.1) is 5.92 Å². The van der Waals surface area contributed by atoms with Crippen molar-refractivity contribution in [2.75, 3.05) is 0 Å². The highest BCUT2D eigenvalue weighted by Crippen LogP contribution is 2.36. The molecule has 0 aromatic carbocycles. The van der Waals surface area contributed by atoms with Gasteiger partial charge in [-0.3, -0.25) is 14.5 Å². The predicted octanol–water partition coefficient (Wildman–Crippen LogP) is 3.47. The van der Waals surface area contributed by atoms with Crippen LogP contribution in [-0.2, 0) is 19.1 Å². The lowest BCUT2D eigenvalue weighted by Gasteiger charge is -2.43. The van der Waals surface area contributed by atoms with Gasteiger partial charge < -0.3 is 9.47 Å². The van der Waals surface area contributed by atoms with Crippen molar-refractivity contribution in [2.24, 2.45) is 5.92 Å². The first-order valence-electron chi connectivity index (χ1n) is 9.26. The summed E-state index contributed by atoms with van der Waals surface area (Å²) in [6, 6.07) is -0.160. The molecule has 1 aliphatic heterocycles. The van der Waals surface area contributed by atoms with E-state index in [4.69, 9.17) is 9.47 Å². The first-order valence-corrected chi connectivity index (χ1v) is 9.26. The van der Waals surface area contributed by atoms with Gasteiger partial charge >= 0.3 is 0 Å². The first kappa shape index (κ1) is 20.1. The largest absolute Gasteiger partial charge is 0.373 e. The van der Waals surface area contributed by atoms with Crippen molar-refractivity contribution in [1.82, 2.24) is 4.90 Å². The fourth-order valence-electron chi connectivity index (χ4n) is 3.87. The van der Waals surface area contributed by atoms with E-state index in [-0.39, 0.29) is 47.2 Å². The van der Waals surface area contributed by atoms with E-state index in [1.807, 2.05) is 6.92 Å². The molecule has 142 valence electrons. The maximum Gasteiger partial charge on any atom is 0.253 e. The number of nitrogens with zero attached hydrogens (tertiary/aromatic N) is 1. The number of rotatable bonds is 4. The van der Waals surface area contributed by atoms with Crippen LogP contribution in [0.5, 0.6) is 0 Å². The molecule has 3 unspecified atom stereocenters. The summed E-state index contributed by atoms with van der Waals surface area (Å²) in [5, 5.41) is 0. The van der Waals surface area contributed by atoms with E-state index < -0.39 is 0 Å². The molecule has 1 heterocycles. The standard InChI is InChI=1S/C20H33NO4/c1-13(21-17(22)8-9-18(21)23)14-10-15(24-19(2,3)4)12-16(11-14)25-20(5,6)7/h8-9,13-16H,10-12H2,1-7H3. The van der Waals surface area contributed by atoms with E-state index in [9.17, 15) is 9.59 Å². The Labute approximate surface area is 151 Å². The molecular weight excluding hydrogens is 318 g/mol. The Balaban J connectivity index is 2.14. The lowest BCUT2D eigenvalue weighted by atomic mass is 9.80. The van der Waals surface area contributed by atoms with Gasteiger partial charge in [-0.25, -0.2) is 0 Å². The molecule has 5 heteroatoms. The van der Waals surface area contributed by atoms with Crippen LogP contribution in [-0.4, -0.2) is 46.2 Å². The monoisotopic (exact) mass is 351 g/mol. The van der Waals surface area contributed by atoms with Crippen molar-refractivity contribution < 1.29 is 19.1 Å². The van der Waals surface area contributed by atoms with Crippen molar-refractivity contribution in [3.05, 3.63) is 12.2 Å². The number of carbonyl (C=O) groups is 2. The zero-order valence-electron chi connectivity index (χ0n) is 16.7. The average molecular weight is 351 g/mol. The molecule has 2 amide bonds. The van der Waals surface area contributed by atoms with Crippen LogP contribution in [0.1, 0.15) is 67.7 Å². The molecular formula is C20H33NO4. The van der Waals surface area contributed by atoms with E-state index in [2.05, 4.69) is 41.5 Å². The maximum absolute atomic E-state index is 12.0. The van der Waals surface area contributed by atoms with Crippen LogP contribution in [0.25, 0.3) is 0 Å². The Bertz CT molecular complexity index is 499. The molecule has 0 aromatic rings. The van der Waals surface area contributed by atoms with Crippen molar-refractivity contribution >= 4 is 11.8 Å². The van der Waals surface area contributed by atoms with E-state index in [1.54, 1.807) is 0 Å². The summed E-state index contributed by atoms with van der Waals surface area (Å²) < 4.78 is 12.5. The second-order valence-electron chi connectivity index (χ2n) is 9.29. The number of carbonyl (C=O) groups excluding carboxylic acids is 2. The average Bonchev–Trinajstić information content (AvgIpc) is 2.73. The minimum absolute atomic E-state index is 0.0642. The molecule has 1 aliphatic carbocycles. The van der Waals surface area contributed by atoms with E-state index in [0.717, 1.165) is 19.3 Å². The van der Waals surface area contributed by atoms with Gasteiger partial charge in [0.2, 0.25) is 0 Å². The molecule has 1 fully saturated rings. The number of ether oxygens (including phenoxy) is 2. The molecule has 2 rings (SSSR count). The summed E-state index contributed by atoms with van der Waals surface area (Å²) in [7, 11) is 0.